The molecule has 1 aliphatic rings. The van der Waals surface area contributed by atoms with Gasteiger partial charge in [-0.15, -0.1) is 0 Å². The molecule has 0 aliphatic carbocycles. The van der Waals surface area contributed by atoms with Gasteiger partial charge in [0, 0.05) is 28.7 Å². The third-order valence-electron chi connectivity index (χ3n) is 7.37. The maximum Gasteiger partial charge on any atom is 0.244 e. The number of benzene rings is 3. The van der Waals surface area contributed by atoms with Crippen molar-refractivity contribution in [1.82, 2.24) is 19.8 Å². The highest BCUT2D eigenvalue weighted by molar-refractivity contribution is 7.80. The molecule has 2 atom stereocenters. The zero-order valence-electron chi connectivity index (χ0n) is 21.8. The number of hydrogen-bond acceptors (Lipinski definition) is 3. The number of nitrogens with zero attached hydrogens (tertiary/aromatic N) is 3. The molecule has 0 saturated carbocycles. The number of nitrogens with one attached hydrogen (secondary N) is 2. The minimum atomic E-state index is -0.219. The largest absolute Gasteiger partial charge is 0.352 e. The molecule has 1 aliphatic heterocycles. The summed E-state index contributed by atoms with van der Waals surface area (Å²) in [6, 6.07) is 32.0. The van der Waals surface area contributed by atoms with Crippen LogP contribution in [-0.4, -0.2) is 32.0 Å². The van der Waals surface area contributed by atoms with Crippen molar-refractivity contribution in [2.45, 2.75) is 25.9 Å². The van der Waals surface area contributed by atoms with E-state index in [1.54, 1.807) is 6.20 Å². The lowest BCUT2D eigenvalue weighted by atomic mass is 9.96. The summed E-state index contributed by atoms with van der Waals surface area (Å²) < 4.78 is 2.30. The van der Waals surface area contributed by atoms with E-state index in [4.69, 9.17) is 12.2 Å². The van der Waals surface area contributed by atoms with Gasteiger partial charge in [0.1, 0.15) is 6.54 Å². The standard InChI is InChI=1S/C32H29N5OS/c1-21-19-26(22(2)37(21)28-17-10-12-23-11-6-7-15-25(23)28)31-30(27-16-8-9-18-33-27)35-32(39)36(31)20-29(38)34-24-13-4-3-5-14-24/h3-19,30-31H,20H2,1-2H3,(H,34,38)(H,35,39)/t30-,31+/m1/s1. The fourth-order valence-electron chi connectivity index (χ4n) is 5.65. The summed E-state index contributed by atoms with van der Waals surface area (Å²) in [5.41, 5.74) is 6.10. The molecular weight excluding hydrogens is 502 g/mol. The maximum absolute atomic E-state index is 13.2. The summed E-state index contributed by atoms with van der Waals surface area (Å²) in [5.74, 6) is -0.125. The first-order valence-corrected chi connectivity index (χ1v) is 13.4. The van der Waals surface area contributed by atoms with E-state index in [1.165, 1.54) is 10.8 Å². The first kappa shape index (κ1) is 24.8. The van der Waals surface area contributed by atoms with E-state index in [0.29, 0.717) is 5.11 Å². The molecule has 194 valence electrons. The van der Waals surface area contributed by atoms with Crippen molar-refractivity contribution in [3.63, 3.8) is 0 Å². The fraction of sp³-hybridized carbons (Fsp3) is 0.156. The summed E-state index contributed by atoms with van der Waals surface area (Å²) in [6.45, 7) is 4.39. The molecule has 3 aromatic carbocycles. The van der Waals surface area contributed by atoms with Crippen molar-refractivity contribution in [2.75, 3.05) is 11.9 Å². The Morgan fingerprint density at radius 2 is 1.69 bits per heavy atom. The number of aromatic nitrogens is 2. The van der Waals surface area contributed by atoms with Gasteiger partial charge in [-0.05, 0) is 73.4 Å². The summed E-state index contributed by atoms with van der Waals surface area (Å²) in [6.07, 6.45) is 1.79. The first-order valence-electron chi connectivity index (χ1n) is 13.0. The van der Waals surface area contributed by atoms with Crippen molar-refractivity contribution in [3.8, 4) is 5.69 Å². The maximum atomic E-state index is 13.2. The summed E-state index contributed by atoms with van der Waals surface area (Å²) in [5, 5.41) is 9.39. The molecule has 1 saturated heterocycles. The number of fused-ring (bicyclic) bond motifs is 1. The third kappa shape index (κ3) is 4.66. The second-order valence-corrected chi connectivity index (χ2v) is 10.2. The lowest BCUT2D eigenvalue weighted by Gasteiger charge is -2.27. The highest BCUT2D eigenvalue weighted by Gasteiger charge is 2.42. The van der Waals surface area contributed by atoms with Crippen LogP contribution in [0.1, 0.15) is 34.7 Å². The Labute approximate surface area is 233 Å². The third-order valence-corrected chi connectivity index (χ3v) is 7.72. The molecule has 7 heteroatoms. The normalized spacial score (nSPS) is 16.9. The predicted molar refractivity (Wildman–Crippen MR) is 160 cm³/mol. The Morgan fingerprint density at radius 3 is 2.49 bits per heavy atom. The van der Waals surface area contributed by atoms with Gasteiger partial charge in [0.05, 0.1) is 23.5 Å². The molecule has 6 rings (SSSR count). The molecule has 2 aromatic heterocycles. The lowest BCUT2D eigenvalue weighted by molar-refractivity contribution is -0.116. The van der Waals surface area contributed by atoms with Crippen LogP contribution in [0.25, 0.3) is 16.5 Å². The number of amides is 1. The van der Waals surface area contributed by atoms with Crippen LogP contribution in [0.15, 0.2) is 103 Å². The minimum Gasteiger partial charge on any atom is -0.352 e. The molecule has 5 aromatic rings. The van der Waals surface area contributed by atoms with Gasteiger partial charge in [0.2, 0.25) is 5.91 Å². The predicted octanol–water partition coefficient (Wildman–Crippen LogP) is 6.25. The van der Waals surface area contributed by atoms with Gasteiger partial charge < -0.3 is 20.1 Å². The van der Waals surface area contributed by atoms with E-state index in [-0.39, 0.29) is 24.5 Å². The van der Waals surface area contributed by atoms with E-state index in [0.717, 1.165) is 34.0 Å². The van der Waals surface area contributed by atoms with E-state index in [2.05, 4.69) is 82.6 Å². The molecule has 0 radical (unpaired) electrons. The summed E-state index contributed by atoms with van der Waals surface area (Å²) in [4.78, 5) is 19.8. The van der Waals surface area contributed by atoms with Gasteiger partial charge in [-0.25, -0.2) is 0 Å². The van der Waals surface area contributed by atoms with Crippen molar-refractivity contribution in [3.05, 3.63) is 126 Å². The van der Waals surface area contributed by atoms with Crippen LogP contribution in [0, 0.1) is 13.8 Å². The Hall–Kier alpha value is -4.49. The number of thiocarbonyl (C=S) groups is 1. The van der Waals surface area contributed by atoms with Crippen LogP contribution < -0.4 is 10.6 Å². The van der Waals surface area contributed by atoms with Crippen molar-refractivity contribution in [2.24, 2.45) is 0 Å². The number of hydrogen-bond donors (Lipinski definition) is 2. The van der Waals surface area contributed by atoms with E-state index in [1.807, 2.05) is 53.4 Å². The van der Waals surface area contributed by atoms with Gasteiger partial charge in [-0.3, -0.25) is 9.78 Å². The van der Waals surface area contributed by atoms with Gasteiger partial charge in [-0.2, -0.15) is 0 Å². The molecule has 2 N–H and O–H groups in total. The number of aryl methyl sites for hydroxylation is 1. The van der Waals surface area contributed by atoms with Gasteiger partial charge >= 0.3 is 0 Å². The van der Waals surface area contributed by atoms with E-state index < -0.39 is 0 Å². The summed E-state index contributed by atoms with van der Waals surface area (Å²) in [7, 11) is 0. The molecule has 6 nitrogen and oxygen atoms in total. The van der Waals surface area contributed by atoms with Gasteiger partial charge in [0.25, 0.3) is 0 Å². The average molecular weight is 532 g/mol. The van der Waals surface area contributed by atoms with E-state index >= 15 is 0 Å². The van der Waals surface area contributed by atoms with Crippen LogP contribution in [0.3, 0.4) is 0 Å². The van der Waals surface area contributed by atoms with Crippen molar-refractivity contribution >= 4 is 39.7 Å². The van der Waals surface area contributed by atoms with Crippen LogP contribution in [-0.2, 0) is 4.79 Å². The number of rotatable bonds is 6. The van der Waals surface area contributed by atoms with Gasteiger partial charge in [-0.1, -0.05) is 60.7 Å². The molecule has 39 heavy (non-hydrogen) atoms. The number of pyridine rings is 1. The van der Waals surface area contributed by atoms with Crippen molar-refractivity contribution in [1.29, 1.82) is 0 Å². The minimum absolute atomic E-state index is 0.118. The molecule has 0 spiro atoms. The van der Waals surface area contributed by atoms with Gasteiger partial charge in [0.15, 0.2) is 5.11 Å². The summed E-state index contributed by atoms with van der Waals surface area (Å²) >= 11 is 5.82. The highest BCUT2D eigenvalue weighted by Crippen LogP contribution is 2.41. The molecule has 0 unspecified atom stereocenters. The molecular formula is C32H29N5OS. The topological polar surface area (TPSA) is 62.2 Å². The first-order chi connectivity index (χ1) is 19.0. The number of carbonyl (C=O) groups excluding carboxylic acids is 1. The second kappa shape index (κ2) is 10.3. The van der Waals surface area contributed by atoms with Crippen molar-refractivity contribution < 1.29 is 4.79 Å². The number of para-hydroxylation sites is 1. The monoisotopic (exact) mass is 531 g/mol. The number of carbonyl (C=O) groups is 1. The van der Waals surface area contributed by atoms with Crippen LogP contribution in [0.5, 0.6) is 0 Å². The smallest absolute Gasteiger partial charge is 0.244 e. The van der Waals surface area contributed by atoms with Crippen LogP contribution >= 0.6 is 12.2 Å². The highest BCUT2D eigenvalue weighted by atomic mass is 32.1. The Morgan fingerprint density at radius 1 is 0.949 bits per heavy atom. The molecule has 1 amide bonds. The van der Waals surface area contributed by atoms with E-state index in [9.17, 15) is 4.79 Å². The quantitative estimate of drug-likeness (QED) is 0.254. The fourth-order valence-corrected chi connectivity index (χ4v) is 5.96. The van der Waals surface area contributed by atoms with Crippen LogP contribution in [0.4, 0.5) is 5.69 Å². The SMILES string of the molecule is Cc1cc([C@H]2[C@@H](c3ccccn3)NC(=S)N2CC(=O)Nc2ccccc2)c(C)n1-c1cccc2ccccc12. The zero-order chi connectivity index (χ0) is 26.9. The Kier molecular flexibility index (Phi) is 6.59. The number of anilines is 1. The van der Waals surface area contributed by atoms with Crippen LogP contribution in [0.2, 0.25) is 0 Å². The lowest BCUT2D eigenvalue weighted by Crippen LogP contribution is -2.37. The second-order valence-electron chi connectivity index (χ2n) is 9.83. The molecule has 0 bridgehead atoms. The Balaban J connectivity index is 1.43. The Bertz CT molecular complexity index is 1660. The zero-order valence-corrected chi connectivity index (χ0v) is 22.7. The molecule has 3 heterocycles. The molecule has 1 fully saturated rings. The average Bonchev–Trinajstić information content (AvgIpc) is 3.43.